The fourth-order valence-electron chi connectivity index (χ4n) is 2.08. The molecule has 0 saturated heterocycles. The van der Waals surface area contributed by atoms with Crippen LogP contribution < -0.4 is 4.74 Å². The van der Waals surface area contributed by atoms with E-state index in [0.717, 1.165) is 22.4 Å². The van der Waals surface area contributed by atoms with E-state index in [1.807, 2.05) is 37.3 Å². The minimum atomic E-state index is -0.310. The normalized spacial score (nSPS) is 12.2. The first-order valence-corrected chi connectivity index (χ1v) is 6.59. The maximum absolute atomic E-state index is 9.39. The van der Waals surface area contributed by atoms with Crippen molar-refractivity contribution < 1.29 is 9.84 Å². The molecule has 0 aliphatic heterocycles. The molecule has 0 aliphatic rings. The number of benzene rings is 2. The molecular formula is C17H20O2. The second-order valence-corrected chi connectivity index (χ2v) is 4.93. The molecule has 2 nitrogen and oxygen atoms in total. The zero-order chi connectivity index (χ0) is 13.7. The zero-order valence-electron chi connectivity index (χ0n) is 11.5. The van der Waals surface area contributed by atoms with Crippen LogP contribution in [0.1, 0.15) is 23.6 Å². The van der Waals surface area contributed by atoms with Crippen molar-refractivity contribution in [3.8, 4) is 5.75 Å². The molecular weight excluding hydrogens is 236 g/mol. The van der Waals surface area contributed by atoms with Gasteiger partial charge in [0.05, 0.1) is 6.10 Å². The monoisotopic (exact) mass is 256 g/mol. The van der Waals surface area contributed by atoms with Crippen molar-refractivity contribution in [2.24, 2.45) is 0 Å². The van der Waals surface area contributed by atoms with Crippen LogP contribution >= 0.6 is 0 Å². The Kier molecular flexibility index (Phi) is 4.58. The van der Waals surface area contributed by atoms with Crippen molar-refractivity contribution in [3.63, 3.8) is 0 Å². The Balaban J connectivity index is 2.01. The molecule has 0 heterocycles. The zero-order valence-corrected chi connectivity index (χ0v) is 11.5. The largest absolute Gasteiger partial charge is 0.489 e. The first-order valence-electron chi connectivity index (χ1n) is 6.59. The van der Waals surface area contributed by atoms with Gasteiger partial charge in [0.1, 0.15) is 12.4 Å². The maximum atomic E-state index is 9.39. The fraction of sp³-hybridized carbons (Fsp3) is 0.294. The second kappa shape index (κ2) is 6.39. The van der Waals surface area contributed by atoms with Crippen LogP contribution in [-0.2, 0) is 13.0 Å². The van der Waals surface area contributed by atoms with Crippen molar-refractivity contribution >= 4 is 0 Å². The molecule has 1 N–H and O–H groups in total. The lowest BCUT2D eigenvalue weighted by atomic mass is 10.1. The van der Waals surface area contributed by atoms with Gasteiger partial charge in [-0.3, -0.25) is 0 Å². The van der Waals surface area contributed by atoms with E-state index in [2.05, 4.69) is 18.2 Å². The van der Waals surface area contributed by atoms with E-state index in [1.165, 1.54) is 0 Å². The average molecular weight is 256 g/mol. The first kappa shape index (κ1) is 13.6. The number of ether oxygens (including phenoxy) is 1. The van der Waals surface area contributed by atoms with E-state index in [-0.39, 0.29) is 6.10 Å². The van der Waals surface area contributed by atoms with Gasteiger partial charge >= 0.3 is 0 Å². The highest BCUT2D eigenvalue weighted by atomic mass is 16.5. The topological polar surface area (TPSA) is 29.5 Å². The maximum Gasteiger partial charge on any atom is 0.122 e. The van der Waals surface area contributed by atoms with Crippen molar-refractivity contribution in [1.82, 2.24) is 0 Å². The summed E-state index contributed by atoms with van der Waals surface area (Å²) in [6.45, 7) is 4.42. The van der Waals surface area contributed by atoms with E-state index in [4.69, 9.17) is 4.74 Å². The quantitative estimate of drug-likeness (QED) is 0.887. The molecule has 2 aromatic carbocycles. The van der Waals surface area contributed by atoms with Crippen molar-refractivity contribution in [3.05, 3.63) is 65.2 Å². The number of aliphatic hydroxyl groups excluding tert-OH is 1. The average Bonchev–Trinajstić information content (AvgIpc) is 2.38. The second-order valence-electron chi connectivity index (χ2n) is 4.93. The third-order valence-corrected chi connectivity index (χ3v) is 3.01. The van der Waals surface area contributed by atoms with Crippen LogP contribution in [0.5, 0.6) is 5.75 Å². The Morgan fingerprint density at radius 2 is 1.79 bits per heavy atom. The van der Waals surface area contributed by atoms with Gasteiger partial charge in [0, 0.05) is 0 Å². The minimum absolute atomic E-state index is 0.310. The van der Waals surface area contributed by atoms with Crippen LogP contribution in [0.25, 0.3) is 0 Å². The van der Waals surface area contributed by atoms with Crippen LogP contribution in [-0.4, -0.2) is 11.2 Å². The third-order valence-electron chi connectivity index (χ3n) is 3.01. The number of aliphatic hydroxyl groups is 1. The van der Waals surface area contributed by atoms with Gasteiger partial charge < -0.3 is 9.84 Å². The van der Waals surface area contributed by atoms with Gasteiger partial charge in [-0.25, -0.2) is 0 Å². The third kappa shape index (κ3) is 4.11. The summed E-state index contributed by atoms with van der Waals surface area (Å²) in [5.74, 6) is 0.901. The molecule has 1 atom stereocenters. The summed E-state index contributed by atoms with van der Waals surface area (Å²) in [7, 11) is 0. The summed E-state index contributed by atoms with van der Waals surface area (Å²) in [4.78, 5) is 0. The molecule has 2 rings (SSSR count). The lowest BCUT2D eigenvalue weighted by Crippen LogP contribution is -2.04. The highest BCUT2D eigenvalue weighted by Gasteiger charge is 2.04. The molecule has 100 valence electrons. The van der Waals surface area contributed by atoms with Gasteiger partial charge in [0.15, 0.2) is 0 Å². The van der Waals surface area contributed by atoms with Crippen molar-refractivity contribution in [1.29, 1.82) is 0 Å². The van der Waals surface area contributed by atoms with Crippen LogP contribution in [0.3, 0.4) is 0 Å². The molecule has 0 fully saturated rings. The molecule has 2 aromatic rings. The van der Waals surface area contributed by atoms with E-state index in [0.29, 0.717) is 13.0 Å². The smallest absolute Gasteiger partial charge is 0.122 e. The Morgan fingerprint density at radius 3 is 2.42 bits per heavy atom. The van der Waals surface area contributed by atoms with E-state index >= 15 is 0 Å². The van der Waals surface area contributed by atoms with Gasteiger partial charge in [-0.2, -0.15) is 0 Å². The van der Waals surface area contributed by atoms with Gasteiger partial charge in [0.25, 0.3) is 0 Å². The summed E-state index contributed by atoms with van der Waals surface area (Å²) >= 11 is 0. The van der Waals surface area contributed by atoms with Crippen LogP contribution in [0.4, 0.5) is 0 Å². The Bertz CT molecular complexity index is 518. The number of rotatable bonds is 5. The van der Waals surface area contributed by atoms with Gasteiger partial charge in [-0.1, -0.05) is 42.5 Å². The van der Waals surface area contributed by atoms with Gasteiger partial charge in [0.2, 0.25) is 0 Å². The Morgan fingerprint density at radius 1 is 1.05 bits per heavy atom. The van der Waals surface area contributed by atoms with Crippen LogP contribution in [0, 0.1) is 6.92 Å². The lowest BCUT2D eigenvalue weighted by Gasteiger charge is -2.11. The van der Waals surface area contributed by atoms with E-state index in [9.17, 15) is 5.11 Å². The standard InChI is InChI=1S/C17H20O2/c1-13-10-16(11-14(2)18)8-9-17(13)19-12-15-6-4-3-5-7-15/h3-10,14,18H,11-12H2,1-2H3. The predicted octanol–water partition coefficient (Wildman–Crippen LogP) is 3.50. The minimum Gasteiger partial charge on any atom is -0.489 e. The number of hydrogen-bond donors (Lipinski definition) is 1. The SMILES string of the molecule is Cc1cc(CC(C)O)ccc1OCc1ccccc1. The molecule has 0 aliphatic carbocycles. The van der Waals surface area contributed by atoms with Crippen molar-refractivity contribution in [2.75, 3.05) is 0 Å². The number of aryl methyl sites for hydroxylation is 1. The van der Waals surface area contributed by atoms with Gasteiger partial charge in [-0.05, 0) is 43.0 Å². The Hall–Kier alpha value is -1.80. The lowest BCUT2D eigenvalue weighted by molar-refractivity contribution is 0.195. The fourth-order valence-corrected chi connectivity index (χ4v) is 2.08. The summed E-state index contributed by atoms with van der Waals surface area (Å²) in [6, 6.07) is 16.2. The van der Waals surface area contributed by atoms with E-state index in [1.54, 1.807) is 6.92 Å². The molecule has 0 spiro atoms. The molecule has 0 amide bonds. The first-order chi connectivity index (χ1) is 9.15. The van der Waals surface area contributed by atoms with E-state index < -0.39 is 0 Å². The summed E-state index contributed by atoms with van der Waals surface area (Å²) in [5, 5.41) is 9.39. The van der Waals surface area contributed by atoms with Crippen LogP contribution in [0.15, 0.2) is 48.5 Å². The van der Waals surface area contributed by atoms with Crippen molar-refractivity contribution in [2.45, 2.75) is 33.0 Å². The molecule has 0 bridgehead atoms. The molecule has 0 aromatic heterocycles. The predicted molar refractivity (Wildman–Crippen MR) is 77.3 cm³/mol. The molecule has 1 unspecified atom stereocenters. The summed E-state index contributed by atoms with van der Waals surface area (Å²) in [5.41, 5.74) is 3.41. The summed E-state index contributed by atoms with van der Waals surface area (Å²) < 4.78 is 5.82. The molecule has 0 saturated carbocycles. The summed E-state index contributed by atoms with van der Waals surface area (Å²) in [6.07, 6.45) is 0.371. The Labute approximate surface area is 114 Å². The van der Waals surface area contributed by atoms with Gasteiger partial charge in [-0.15, -0.1) is 0 Å². The number of hydrogen-bond acceptors (Lipinski definition) is 2. The molecule has 19 heavy (non-hydrogen) atoms. The molecule has 0 radical (unpaired) electrons. The highest BCUT2D eigenvalue weighted by Crippen LogP contribution is 2.21. The van der Waals surface area contributed by atoms with Crippen LogP contribution in [0.2, 0.25) is 0 Å². The highest BCUT2D eigenvalue weighted by molar-refractivity contribution is 5.36. The molecule has 2 heteroatoms.